The molecule has 176 valence electrons. The van der Waals surface area contributed by atoms with Crippen LogP contribution in [-0.4, -0.2) is 68.4 Å². The van der Waals surface area contributed by atoms with Crippen molar-refractivity contribution < 1.29 is 23.7 Å². The van der Waals surface area contributed by atoms with Crippen molar-refractivity contribution in [2.24, 2.45) is 0 Å². The van der Waals surface area contributed by atoms with Crippen molar-refractivity contribution in [1.29, 1.82) is 0 Å². The molecule has 3 heterocycles. The number of amides is 1. The standard InChI is InChI=1S/C23H26N4O5.ClH/c1-14-5-6-16-20(26-15-11-18(29-2)21(31-4)19(12-15)30-3)17(13-24-22(16)25-14)23(28)27-7-9-32-10-8-27;/h5-6,11-13H,7-10H2,1-4H3,(H,24,25,26);1H. The van der Waals surface area contributed by atoms with Crippen LogP contribution in [0.4, 0.5) is 11.4 Å². The summed E-state index contributed by atoms with van der Waals surface area (Å²) in [5, 5.41) is 4.12. The van der Waals surface area contributed by atoms with Gasteiger partial charge in [0.05, 0.1) is 45.8 Å². The fraction of sp³-hybridized carbons (Fsp3) is 0.348. The van der Waals surface area contributed by atoms with Crippen LogP contribution in [0.5, 0.6) is 17.2 Å². The first-order valence-corrected chi connectivity index (χ1v) is 10.3. The van der Waals surface area contributed by atoms with E-state index in [1.165, 1.54) is 0 Å². The molecule has 1 aliphatic heterocycles. The number of morpholine rings is 1. The molecule has 1 fully saturated rings. The number of carbonyl (C=O) groups excluding carboxylic acids is 1. The summed E-state index contributed by atoms with van der Waals surface area (Å²) in [6.07, 6.45) is 1.58. The van der Waals surface area contributed by atoms with Gasteiger partial charge < -0.3 is 29.2 Å². The number of halogens is 1. The zero-order chi connectivity index (χ0) is 22.7. The predicted molar refractivity (Wildman–Crippen MR) is 128 cm³/mol. The highest BCUT2D eigenvalue weighted by atomic mass is 35.5. The molecule has 1 N–H and O–H groups in total. The minimum absolute atomic E-state index is 0. The third-order valence-electron chi connectivity index (χ3n) is 5.33. The van der Waals surface area contributed by atoms with Gasteiger partial charge in [-0.25, -0.2) is 9.97 Å². The van der Waals surface area contributed by atoms with Crippen molar-refractivity contribution in [2.45, 2.75) is 6.92 Å². The summed E-state index contributed by atoms with van der Waals surface area (Å²) in [5.74, 6) is 1.38. The molecule has 33 heavy (non-hydrogen) atoms. The first-order chi connectivity index (χ1) is 15.5. The van der Waals surface area contributed by atoms with E-state index in [0.717, 1.165) is 11.1 Å². The van der Waals surface area contributed by atoms with Gasteiger partial charge in [0, 0.05) is 48.2 Å². The third kappa shape index (κ3) is 4.89. The van der Waals surface area contributed by atoms with E-state index < -0.39 is 0 Å². The Bertz CT molecular complexity index is 1130. The van der Waals surface area contributed by atoms with Crippen LogP contribution in [-0.2, 0) is 4.74 Å². The molecule has 1 amide bonds. The smallest absolute Gasteiger partial charge is 0.257 e. The summed E-state index contributed by atoms with van der Waals surface area (Å²) in [6, 6.07) is 7.39. The number of hydrogen-bond donors (Lipinski definition) is 1. The molecule has 9 nitrogen and oxygen atoms in total. The van der Waals surface area contributed by atoms with E-state index in [4.69, 9.17) is 18.9 Å². The number of hydrogen-bond acceptors (Lipinski definition) is 8. The van der Waals surface area contributed by atoms with Crippen LogP contribution in [0.2, 0.25) is 0 Å². The summed E-state index contributed by atoms with van der Waals surface area (Å²) < 4.78 is 21.8. The van der Waals surface area contributed by atoms with Crippen molar-refractivity contribution in [3.63, 3.8) is 0 Å². The Hall–Kier alpha value is -3.30. The summed E-state index contributed by atoms with van der Waals surface area (Å²) in [7, 11) is 4.67. The molecule has 0 bridgehead atoms. The van der Waals surface area contributed by atoms with Gasteiger partial charge in [0.25, 0.3) is 5.91 Å². The maximum Gasteiger partial charge on any atom is 0.257 e. The number of benzene rings is 1. The molecule has 0 saturated carbocycles. The molecule has 1 aromatic carbocycles. The Morgan fingerprint density at radius 3 is 2.33 bits per heavy atom. The van der Waals surface area contributed by atoms with Gasteiger partial charge in [0.2, 0.25) is 5.75 Å². The number of fused-ring (bicyclic) bond motifs is 1. The van der Waals surface area contributed by atoms with Crippen molar-refractivity contribution in [3.8, 4) is 17.2 Å². The molecule has 4 rings (SSSR count). The number of nitrogens with one attached hydrogen (secondary N) is 1. The predicted octanol–water partition coefficient (Wildman–Crippen LogP) is 3.60. The van der Waals surface area contributed by atoms with Gasteiger partial charge in [0.15, 0.2) is 17.1 Å². The highest BCUT2D eigenvalue weighted by Gasteiger charge is 2.24. The van der Waals surface area contributed by atoms with E-state index in [2.05, 4.69) is 15.3 Å². The summed E-state index contributed by atoms with van der Waals surface area (Å²) in [5.41, 5.74) is 3.14. The number of carbonyl (C=O) groups is 1. The van der Waals surface area contributed by atoms with Gasteiger partial charge >= 0.3 is 0 Å². The Balaban J connectivity index is 0.00000306. The van der Waals surface area contributed by atoms with Crippen LogP contribution in [0.25, 0.3) is 11.0 Å². The maximum atomic E-state index is 13.4. The number of rotatable bonds is 6. The van der Waals surface area contributed by atoms with E-state index in [9.17, 15) is 4.79 Å². The topological polar surface area (TPSA) is 95.0 Å². The molecule has 0 unspecified atom stereocenters. The van der Waals surface area contributed by atoms with Crippen LogP contribution in [0.1, 0.15) is 16.1 Å². The summed E-state index contributed by atoms with van der Waals surface area (Å²) in [6.45, 7) is 4.01. The van der Waals surface area contributed by atoms with Gasteiger partial charge in [0.1, 0.15) is 0 Å². The molecule has 1 aliphatic rings. The van der Waals surface area contributed by atoms with Crippen molar-refractivity contribution >= 4 is 40.7 Å². The van der Waals surface area contributed by atoms with Gasteiger partial charge in [-0.3, -0.25) is 4.79 Å². The zero-order valence-corrected chi connectivity index (χ0v) is 19.8. The lowest BCUT2D eigenvalue weighted by Crippen LogP contribution is -2.41. The largest absolute Gasteiger partial charge is 0.493 e. The lowest BCUT2D eigenvalue weighted by Gasteiger charge is -2.28. The van der Waals surface area contributed by atoms with Crippen LogP contribution >= 0.6 is 12.4 Å². The molecule has 0 aliphatic carbocycles. The second kappa shape index (κ2) is 10.5. The number of pyridine rings is 2. The van der Waals surface area contributed by atoms with Crippen LogP contribution in [0.3, 0.4) is 0 Å². The van der Waals surface area contributed by atoms with E-state index in [1.807, 2.05) is 19.1 Å². The van der Waals surface area contributed by atoms with Crippen LogP contribution < -0.4 is 19.5 Å². The first-order valence-electron chi connectivity index (χ1n) is 10.3. The van der Waals surface area contributed by atoms with Gasteiger partial charge in [-0.15, -0.1) is 12.4 Å². The second-order valence-electron chi connectivity index (χ2n) is 7.31. The minimum Gasteiger partial charge on any atom is -0.493 e. The Kier molecular flexibility index (Phi) is 7.78. The van der Waals surface area contributed by atoms with Crippen molar-refractivity contribution in [1.82, 2.24) is 14.9 Å². The fourth-order valence-electron chi connectivity index (χ4n) is 3.70. The molecule has 10 heteroatoms. The highest BCUT2D eigenvalue weighted by molar-refractivity contribution is 6.07. The molecule has 1 saturated heterocycles. The molecule has 3 aromatic rings. The normalized spacial score (nSPS) is 13.3. The lowest BCUT2D eigenvalue weighted by atomic mass is 10.1. The molecule has 2 aromatic heterocycles. The van der Waals surface area contributed by atoms with E-state index in [0.29, 0.717) is 66.1 Å². The first kappa shape index (κ1) is 24.3. The van der Waals surface area contributed by atoms with E-state index in [-0.39, 0.29) is 18.3 Å². The quantitative estimate of drug-likeness (QED) is 0.579. The average Bonchev–Trinajstić information content (AvgIpc) is 2.83. The fourth-order valence-corrected chi connectivity index (χ4v) is 3.70. The average molecular weight is 475 g/mol. The van der Waals surface area contributed by atoms with Crippen LogP contribution in [0, 0.1) is 6.92 Å². The summed E-state index contributed by atoms with van der Waals surface area (Å²) in [4.78, 5) is 24.1. The van der Waals surface area contributed by atoms with Gasteiger partial charge in [-0.2, -0.15) is 0 Å². The maximum absolute atomic E-state index is 13.4. The van der Waals surface area contributed by atoms with Crippen LogP contribution in [0.15, 0.2) is 30.5 Å². The number of nitrogens with zero attached hydrogens (tertiary/aromatic N) is 3. The number of methoxy groups -OCH3 is 3. The number of aromatic nitrogens is 2. The molecular weight excluding hydrogens is 448 g/mol. The van der Waals surface area contributed by atoms with E-state index >= 15 is 0 Å². The molecule has 0 radical (unpaired) electrons. The number of anilines is 2. The Morgan fingerprint density at radius 1 is 1.06 bits per heavy atom. The Morgan fingerprint density at radius 2 is 1.73 bits per heavy atom. The van der Waals surface area contributed by atoms with Gasteiger partial charge in [-0.1, -0.05) is 0 Å². The monoisotopic (exact) mass is 474 g/mol. The van der Waals surface area contributed by atoms with E-state index in [1.54, 1.807) is 44.6 Å². The number of ether oxygens (including phenoxy) is 4. The third-order valence-corrected chi connectivity index (χ3v) is 5.33. The Labute approximate surface area is 198 Å². The summed E-state index contributed by atoms with van der Waals surface area (Å²) >= 11 is 0. The SMILES string of the molecule is COc1cc(Nc2c(C(=O)N3CCOCC3)cnc3nc(C)ccc23)cc(OC)c1OC.Cl. The van der Waals surface area contributed by atoms with Gasteiger partial charge in [-0.05, 0) is 19.1 Å². The molecular formula is C23H27ClN4O5. The minimum atomic E-state index is -0.113. The highest BCUT2D eigenvalue weighted by Crippen LogP contribution is 2.41. The number of aryl methyl sites for hydroxylation is 1. The zero-order valence-electron chi connectivity index (χ0n) is 19.0. The second-order valence-corrected chi connectivity index (χ2v) is 7.31. The molecule has 0 spiro atoms. The lowest BCUT2D eigenvalue weighted by molar-refractivity contribution is 0.0303. The van der Waals surface area contributed by atoms with Crippen molar-refractivity contribution in [2.75, 3.05) is 52.9 Å². The molecule has 0 atom stereocenters. The van der Waals surface area contributed by atoms with Crippen molar-refractivity contribution in [3.05, 3.63) is 41.7 Å².